The number of aromatic nitrogens is 2. The first kappa shape index (κ1) is 14.8. The molecule has 0 saturated heterocycles. The zero-order valence-electron chi connectivity index (χ0n) is 12.8. The van der Waals surface area contributed by atoms with Crippen LogP contribution in [-0.4, -0.2) is 28.6 Å². The summed E-state index contributed by atoms with van der Waals surface area (Å²) in [4.78, 5) is 11.8. The summed E-state index contributed by atoms with van der Waals surface area (Å²) < 4.78 is 10.6. The summed E-state index contributed by atoms with van der Waals surface area (Å²) in [5, 5.41) is 10.6. The van der Waals surface area contributed by atoms with Gasteiger partial charge in [-0.15, -0.1) is 0 Å². The van der Waals surface area contributed by atoms with Crippen molar-refractivity contribution in [2.45, 2.75) is 13.8 Å². The second-order valence-electron chi connectivity index (χ2n) is 5.08. The lowest BCUT2D eigenvalue weighted by Gasteiger charge is -1.98. The molecule has 3 rings (SSSR count). The molecular weight excluding hydrogens is 296 g/mol. The van der Waals surface area contributed by atoms with Crippen LogP contribution in [0, 0.1) is 6.92 Å². The summed E-state index contributed by atoms with van der Waals surface area (Å²) in [5.41, 5.74) is 5.20. The fourth-order valence-corrected chi connectivity index (χ4v) is 2.00. The molecular formula is C16H16N4O3. The van der Waals surface area contributed by atoms with Crippen LogP contribution < -0.4 is 14.9 Å². The molecule has 7 heteroatoms. The average molecular weight is 312 g/mol. The van der Waals surface area contributed by atoms with Gasteiger partial charge in [-0.25, -0.2) is 5.43 Å². The molecule has 2 aromatic rings. The van der Waals surface area contributed by atoms with Crippen LogP contribution in [0.4, 0.5) is 0 Å². The van der Waals surface area contributed by atoms with E-state index in [1.165, 1.54) is 0 Å². The highest BCUT2D eigenvalue weighted by atomic mass is 16.7. The zero-order valence-corrected chi connectivity index (χ0v) is 12.8. The number of benzene rings is 1. The summed E-state index contributed by atoms with van der Waals surface area (Å²) in [5.74, 6) is 1.11. The molecule has 0 unspecified atom stereocenters. The van der Waals surface area contributed by atoms with E-state index in [1.807, 2.05) is 31.2 Å². The van der Waals surface area contributed by atoms with Crippen molar-refractivity contribution in [3.63, 3.8) is 0 Å². The van der Waals surface area contributed by atoms with Crippen molar-refractivity contribution in [3.8, 4) is 11.5 Å². The summed E-state index contributed by atoms with van der Waals surface area (Å²) in [6.07, 6.45) is 3.68. The van der Waals surface area contributed by atoms with Crippen LogP contribution in [0.25, 0.3) is 6.08 Å². The van der Waals surface area contributed by atoms with Crippen LogP contribution >= 0.6 is 0 Å². The highest BCUT2D eigenvalue weighted by molar-refractivity contribution is 5.98. The molecule has 0 spiro atoms. The van der Waals surface area contributed by atoms with Gasteiger partial charge in [-0.2, -0.15) is 10.2 Å². The number of nitrogens with one attached hydrogen (secondary N) is 2. The number of carbonyl (C=O) groups is 1. The number of amides is 1. The number of ether oxygens (including phenoxy) is 2. The number of carbonyl (C=O) groups excluding carboxylic acids is 1. The Balaban J connectivity index is 1.61. The van der Waals surface area contributed by atoms with Gasteiger partial charge in [0.05, 0.1) is 5.71 Å². The SMILES string of the molecule is CC(C=Cc1ccc2c(c1)OCO2)=NNC(=O)c1cc(C)[nH]n1. The molecule has 2 N–H and O–H groups in total. The monoisotopic (exact) mass is 312 g/mol. The lowest BCUT2D eigenvalue weighted by molar-refractivity contribution is 0.0950. The van der Waals surface area contributed by atoms with E-state index in [-0.39, 0.29) is 12.7 Å². The molecule has 2 heterocycles. The minimum atomic E-state index is -0.356. The predicted molar refractivity (Wildman–Crippen MR) is 85.5 cm³/mol. The fourth-order valence-electron chi connectivity index (χ4n) is 2.00. The van der Waals surface area contributed by atoms with Crippen molar-refractivity contribution in [1.29, 1.82) is 0 Å². The van der Waals surface area contributed by atoms with Crippen molar-refractivity contribution in [2.24, 2.45) is 5.10 Å². The third-order valence-electron chi connectivity index (χ3n) is 3.19. The number of fused-ring (bicyclic) bond motifs is 1. The summed E-state index contributed by atoms with van der Waals surface area (Å²) >= 11 is 0. The smallest absolute Gasteiger partial charge is 0.291 e. The first-order valence-electron chi connectivity index (χ1n) is 7.06. The van der Waals surface area contributed by atoms with Crippen LogP contribution in [0.1, 0.15) is 28.7 Å². The Morgan fingerprint density at radius 3 is 2.96 bits per heavy atom. The Labute approximate surface area is 133 Å². The quantitative estimate of drug-likeness (QED) is 0.669. The number of rotatable bonds is 4. The van der Waals surface area contributed by atoms with Crippen molar-refractivity contribution in [1.82, 2.24) is 15.6 Å². The van der Waals surface area contributed by atoms with Gasteiger partial charge in [0.1, 0.15) is 0 Å². The number of allylic oxidation sites excluding steroid dienone is 1. The van der Waals surface area contributed by atoms with Gasteiger partial charge in [0.2, 0.25) is 6.79 Å². The van der Waals surface area contributed by atoms with Crippen LogP contribution in [0.5, 0.6) is 11.5 Å². The van der Waals surface area contributed by atoms with Gasteiger partial charge >= 0.3 is 0 Å². The van der Waals surface area contributed by atoms with Gasteiger partial charge in [-0.3, -0.25) is 9.89 Å². The third-order valence-corrected chi connectivity index (χ3v) is 3.19. The lowest BCUT2D eigenvalue weighted by atomic mass is 10.2. The standard InChI is InChI=1S/C16H16N4O3/c1-10(17-20-16(21)13-7-11(2)18-19-13)3-4-12-5-6-14-15(8-12)23-9-22-14/h3-8H,9H2,1-2H3,(H,18,19)(H,20,21). The Morgan fingerprint density at radius 2 is 2.17 bits per heavy atom. The number of hydrazone groups is 1. The molecule has 1 aromatic carbocycles. The molecule has 7 nitrogen and oxygen atoms in total. The van der Waals surface area contributed by atoms with E-state index >= 15 is 0 Å². The highest BCUT2D eigenvalue weighted by Gasteiger charge is 2.12. The van der Waals surface area contributed by atoms with E-state index in [0.29, 0.717) is 11.4 Å². The van der Waals surface area contributed by atoms with Crippen molar-refractivity contribution >= 4 is 17.7 Å². The number of hydrogen-bond acceptors (Lipinski definition) is 5. The molecule has 1 amide bonds. The van der Waals surface area contributed by atoms with Crippen molar-refractivity contribution in [2.75, 3.05) is 6.79 Å². The highest BCUT2D eigenvalue weighted by Crippen LogP contribution is 2.32. The van der Waals surface area contributed by atoms with Gasteiger partial charge in [-0.1, -0.05) is 12.1 Å². The average Bonchev–Trinajstić information content (AvgIpc) is 3.18. The Hall–Kier alpha value is -3.09. The summed E-state index contributed by atoms with van der Waals surface area (Å²) in [7, 11) is 0. The van der Waals surface area contributed by atoms with Gasteiger partial charge in [0.15, 0.2) is 17.2 Å². The van der Waals surface area contributed by atoms with Crippen LogP contribution in [0.15, 0.2) is 35.4 Å². The molecule has 0 aliphatic carbocycles. The molecule has 0 fully saturated rings. The minimum Gasteiger partial charge on any atom is -0.454 e. The van der Waals surface area contributed by atoms with Crippen LogP contribution in [0.2, 0.25) is 0 Å². The van der Waals surface area contributed by atoms with Gasteiger partial charge in [0, 0.05) is 5.69 Å². The van der Waals surface area contributed by atoms with Gasteiger partial charge < -0.3 is 9.47 Å². The summed E-state index contributed by atoms with van der Waals surface area (Å²) in [6, 6.07) is 7.32. The van der Waals surface area contributed by atoms with Crippen LogP contribution in [0.3, 0.4) is 0 Å². The molecule has 0 atom stereocenters. The molecule has 1 aliphatic rings. The molecule has 1 aromatic heterocycles. The Morgan fingerprint density at radius 1 is 1.35 bits per heavy atom. The van der Waals surface area contributed by atoms with E-state index in [1.54, 1.807) is 19.1 Å². The van der Waals surface area contributed by atoms with Crippen LogP contribution in [-0.2, 0) is 0 Å². The maximum absolute atomic E-state index is 11.8. The van der Waals surface area contributed by atoms with E-state index in [9.17, 15) is 4.79 Å². The number of hydrogen-bond donors (Lipinski definition) is 2. The number of H-pyrrole nitrogens is 1. The van der Waals surface area contributed by atoms with Gasteiger partial charge in [-0.05, 0) is 43.7 Å². The molecule has 23 heavy (non-hydrogen) atoms. The second-order valence-corrected chi connectivity index (χ2v) is 5.08. The normalized spacial score (nSPS) is 13.6. The summed E-state index contributed by atoms with van der Waals surface area (Å²) in [6.45, 7) is 3.87. The first-order valence-corrected chi connectivity index (χ1v) is 7.06. The molecule has 0 radical (unpaired) electrons. The van der Waals surface area contributed by atoms with Crippen molar-refractivity contribution < 1.29 is 14.3 Å². The van der Waals surface area contributed by atoms with Gasteiger partial charge in [0.25, 0.3) is 5.91 Å². The third kappa shape index (κ3) is 3.57. The van der Waals surface area contributed by atoms with E-state index in [2.05, 4.69) is 20.7 Å². The Bertz CT molecular complexity index is 792. The van der Waals surface area contributed by atoms with Crippen molar-refractivity contribution in [3.05, 3.63) is 47.3 Å². The molecule has 0 saturated carbocycles. The van der Waals surface area contributed by atoms with E-state index < -0.39 is 0 Å². The number of aromatic amines is 1. The zero-order chi connectivity index (χ0) is 16.2. The van der Waals surface area contributed by atoms with E-state index in [0.717, 1.165) is 22.8 Å². The maximum atomic E-state index is 11.8. The lowest BCUT2D eigenvalue weighted by Crippen LogP contribution is -2.19. The first-order chi connectivity index (χ1) is 11.1. The predicted octanol–water partition coefficient (Wildman–Crippen LogP) is 2.27. The number of aryl methyl sites for hydroxylation is 1. The number of nitrogens with zero attached hydrogens (tertiary/aromatic N) is 2. The Kier molecular flexibility index (Phi) is 4.09. The topological polar surface area (TPSA) is 88.6 Å². The molecule has 118 valence electrons. The molecule has 1 aliphatic heterocycles. The largest absolute Gasteiger partial charge is 0.454 e. The van der Waals surface area contributed by atoms with E-state index in [4.69, 9.17) is 9.47 Å². The second kappa shape index (κ2) is 6.35. The molecule has 0 bridgehead atoms. The maximum Gasteiger partial charge on any atom is 0.291 e. The fraction of sp³-hybridized carbons (Fsp3) is 0.188. The minimum absolute atomic E-state index is 0.252.